The molecule has 0 saturated heterocycles. The van der Waals surface area contributed by atoms with Gasteiger partial charge in [-0.05, 0) is 30.7 Å². The van der Waals surface area contributed by atoms with Crippen molar-refractivity contribution in [3.8, 4) is 6.07 Å². The standard InChI is InChI=1S/C12H10FNO2/c1-2-16-12(15)10(8-14)6-9-4-3-5-11(13)7-9/h3-7H,2H2,1H3. The highest BCUT2D eigenvalue weighted by Gasteiger charge is 2.09. The zero-order chi connectivity index (χ0) is 12.0. The SMILES string of the molecule is CCOC(=O)C(C#N)=Cc1cccc(F)c1. The molecule has 1 aromatic carbocycles. The number of carbonyl (C=O) groups is 1. The number of esters is 1. The van der Waals surface area contributed by atoms with Crippen molar-refractivity contribution >= 4 is 12.0 Å². The Morgan fingerprint density at radius 3 is 2.94 bits per heavy atom. The van der Waals surface area contributed by atoms with E-state index in [1.165, 1.54) is 24.3 Å². The first-order valence-electron chi connectivity index (χ1n) is 4.72. The molecule has 0 fully saturated rings. The largest absolute Gasteiger partial charge is 0.462 e. The lowest BCUT2D eigenvalue weighted by atomic mass is 10.1. The van der Waals surface area contributed by atoms with Crippen LogP contribution in [-0.4, -0.2) is 12.6 Å². The van der Waals surface area contributed by atoms with Crippen LogP contribution < -0.4 is 0 Å². The minimum atomic E-state index is -0.700. The van der Waals surface area contributed by atoms with E-state index in [1.807, 2.05) is 0 Å². The summed E-state index contributed by atoms with van der Waals surface area (Å²) in [7, 11) is 0. The molecule has 1 aromatic rings. The average molecular weight is 219 g/mol. The maximum absolute atomic E-state index is 12.8. The van der Waals surface area contributed by atoms with E-state index >= 15 is 0 Å². The predicted octanol–water partition coefficient (Wildman–Crippen LogP) is 2.30. The van der Waals surface area contributed by atoms with Crippen LogP contribution in [0.2, 0.25) is 0 Å². The number of ether oxygens (including phenoxy) is 1. The summed E-state index contributed by atoms with van der Waals surface area (Å²) in [6.07, 6.45) is 1.29. The van der Waals surface area contributed by atoms with Gasteiger partial charge in [0.25, 0.3) is 0 Å². The van der Waals surface area contributed by atoms with E-state index in [1.54, 1.807) is 19.1 Å². The Morgan fingerprint density at radius 2 is 2.38 bits per heavy atom. The Balaban J connectivity index is 2.97. The van der Waals surface area contributed by atoms with Crippen LogP contribution in [0.25, 0.3) is 6.08 Å². The van der Waals surface area contributed by atoms with E-state index in [9.17, 15) is 9.18 Å². The second-order valence-corrected chi connectivity index (χ2v) is 2.95. The average Bonchev–Trinajstić information content (AvgIpc) is 2.26. The van der Waals surface area contributed by atoms with Gasteiger partial charge >= 0.3 is 5.97 Å². The third kappa shape index (κ3) is 3.21. The van der Waals surface area contributed by atoms with E-state index < -0.39 is 11.8 Å². The molecule has 0 saturated carbocycles. The van der Waals surface area contributed by atoms with Crippen molar-refractivity contribution in [3.05, 3.63) is 41.2 Å². The normalized spacial score (nSPS) is 10.7. The van der Waals surface area contributed by atoms with Crippen LogP contribution in [0.5, 0.6) is 0 Å². The zero-order valence-electron chi connectivity index (χ0n) is 8.74. The monoisotopic (exact) mass is 219 g/mol. The Kier molecular flexibility index (Phi) is 4.22. The van der Waals surface area contributed by atoms with Gasteiger partial charge in [0, 0.05) is 0 Å². The molecule has 0 heterocycles. The molecule has 3 nitrogen and oxygen atoms in total. The molecule has 0 aliphatic heterocycles. The number of nitrogens with zero attached hydrogens (tertiary/aromatic N) is 1. The molecule has 0 N–H and O–H groups in total. The number of rotatable bonds is 3. The number of nitriles is 1. The second kappa shape index (κ2) is 5.66. The molecule has 0 spiro atoms. The third-order valence-corrected chi connectivity index (χ3v) is 1.78. The van der Waals surface area contributed by atoms with Gasteiger partial charge in [-0.3, -0.25) is 0 Å². The molecule has 0 unspecified atom stereocenters. The molecule has 16 heavy (non-hydrogen) atoms. The molecule has 0 aliphatic carbocycles. The molecule has 0 atom stereocenters. The fourth-order valence-corrected chi connectivity index (χ4v) is 1.11. The Labute approximate surface area is 92.8 Å². The summed E-state index contributed by atoms with van der Waals surface area (Å²) >= 11 is 0. The van der Waals surface area contributed by atoms with Crippen LogP contribution in [0, 0.1) is 17.1 Å². The number of hydrogen-bond acceptors (Lipinski definition) is 3. The summed E-state index contributed by atoms with van der Waals surface area (Å²) in [6.45, 7) is 1.84. The topological polar surface area (TPSA) is 50.1 Å². The fourth-order valence-electron chi connectivity index (χ4n) is 1.11. The van der Waals surface area contributed by atoms with Gasteiger partial charge in [0.1, 0.15) is 17.5 Å². The summed E-state index contributed by atoms with van der Waals surface area (Å²) in [4.78, 5) is 11.3. The maximum atomic E-state index is 12.8. The lowest BCUT2D eigenvalue weighted by Crippen LogP contribution is -2.05. The second-order valence-electron chi connectivity index (χ2n) is 2.95. The maximum Gasteiger partial charge on any atom is 0.348 e. The molecule has 0 aromatic heterocycles. The fraction of sp³-hybridized carbons (Fsp3) is 0.167. The van der Waals surface area contributed by atoms with Crippen LogP contribution in [-0.2, 0) is 9.53 Å². The lowest BCUT2D eigenvalue weighted by molar-refractivity contribution is -0.137. The van der Waals surface area contributed by atoms with E-state index in [4.69, 9.17) is 5.26 Å². The van der Waals surface area contributed by atoms with Crippen LogP contribution >= 0.6 is 0 Å². The van der Waals surface area contributed by atoms with Crippen molar-refractivity contribution in [1.82, 2.24) is 0 Å². The Hall–Kier alpha value is -2.15. The van der Waals surface area contributed by atoms with Crippen LogP contribution in [0.4, 0.5) is 4.39 Å². The van der Waals surface area contributed by atoms with Gasteiger partial charge in [0.2, 0.25) is 0 Å². The number of benzene rings is 1. The lowest BCUT2D eigenvalue weighted by Gasteiger charge is -1.99. The summed E-state index contributed by atoms with van der Waals surface area (Å²) < 4.78 is 17.5. The highest BCUT2D eigenvalue weighted by atomic mass is 19.1. The molecule has 4 heteroatoms. The van der Waals surface area contributed by atoms with Gasteiger partial charge in [-0.2, -0.15) is 5.26 Å². The molecule has 0 aliphatic rings. The summed E-state index contributed by atoms with van der Waals surface area (Å²) in [6, 6.07) is 7.34. The number of halogens is 1. The summed E-state index contributed by atoms with van der Waals surface area (Å²) in [5.74, 6) is -1.12. The first-order chi connectivity index (χ1) is 7.67. The van der Waals surface area contributed by atoms with Gasteiger partial charge in [-0.1, -0.05) is 12.1 Å². The molecule has 1 rings (SSSR count). The van der Waals surface area contributed by atoms with Gasteiger partial charge in [-0.25, -0.2) is 9.18 Å². The number of carbonyl (C=O) groups excluding carboxylic acids is 1. The Bertz CT molecular complexity index is 460. The van der Waals surface area contributed by atoms with Gasteiger partial charge in [0.05, 0.1) is 6.61 Å². The quantitative estimate of drug-likeness (QED) is 0.445. The van der Waals surface area contributed by atoms with Crippen LogP contribution in [0.3, 0.4) is 0 Å². The van der Waals surface area contributed by atoms with Crippen molar-refractivity contribution < 1.29 is 13.9 Å². The first-order valence-corrected chi connectivity index (χ1v) is 4.72. The van der Waals surface area contributed by atoms with Crippen molar-refractivity contribution in [2.24, 2.45) is 0 Å². The van der Waals surface area contributed by atoms with Crippen molar-refractivity contribution in [2.75, 3.05) is 6.61 Å². The smallest absolute Gasteiger partial charge is 0.348 e. The van der Waals surface area contributed by atoms with Crippen LogP contribution in [0.1, 0.15) is 12.5 Å². The van der Waals surface area contributed by atoms with Crippen molar-refractivity contribution in [1.29, 1.82) is 5.26 Å². The van der Waals surface area contributed by atoms with Gasteiger partial charge < -0.3 is 4.74 Å². The van der Waals surface area contributed by atoms with Gasteiger partial charge in [0.15, 0.2) is 0 Å². The molecule has 0 bridgehead atoms. The Morgan fingerprint density at radius 1 is 1.62 bits per heavy atom. The van der Waals surface area contributed by atoms with E-state index in [-0.39, 0.29) is 12.2 Å². The molecule has 82 valence electrons. The predicted molar refractivity (Wildman–Crippen MR) is 56.6 cm³/mol. The molecular formula is C12H10FNO2. The van der Waals surface area contributed by atoms with Crippen molar-refractivity contribution in [2.45, 2.75) is 6.92 Å². The summed E-state index contributed by atoms with van der Waals surface area (Å²) in [5, 5.41) is 8.74. The molecular weight excluding hydrogens is 209 g/mol. The van der Waals surface area contributed by atoms with Crippen molar-refractivity contribution in [3.63, 3.8) is 0 Å². The molecule has 0 radical (unpaired) electrons. The minimum Gasteiger partial charge on any atom is -0.462 e. The highest BCUT2D eigenvalue weighted by Crippen LogP contribution is 2.09. The van der Waals surface area contributed by atoms with Crippen LogP contribution in [0.15, 0.2) is 29.8 Å². The van der Waals surface area contributed by atoms with E-state index in [0.717, 1.165) is 0 Å². The first kappa shape index (κ1) is 11.9. The summed E-state index contributed by atoms with van der Waals surface area (Å²) in [5.41, 5.74) is 0.303. The zero-order valence-corrected chi connectivity index (χ0v) is 8.74. The number of hydrogen-bond donors (Lipinski definition) is 0. The highest BCUT2D eigenvalue weighted by molar-refractivity contribution is 5.97. The van der Waals surface area contributed by atoms with Gasteiger partial charge in [-0.15, -0.1) is 0 Å². The van der Waals surface area contributed by atoms with E-state index in [2.05, 4.69) is 4.74 Å². The third-order valence-electron chi connectivity index (χ3n) is 1.78. The minimum absolute atomic E-state index is 0.146. The van der Waals surface area contributed by atoms with E-state index in [0.29, 0.717) is 5.56 Å². The molecule has 0 amide bonds.